The van der Waals surface area contributed by atoms with Gasteiger partial charge >= 0.3 is 0 Å². The summed E-state index contributed by atoms with van der Waals surface area (Å²) in [6, 6.07) is 22.6. The van der Waals surface area contributed by atoms with Crippen molar-refractivity contribution in [3.63, 3.8) is 0 Å². The van der Waals surface area contributed by atoms with Crippen LogP contribution in [0.4, 0.5) is 39.8 Å². The first kappa shape index (κ1) is 55.8. The number of hydrogen-bond donors (Lipinski definition) is 2. The van der Waals surface area contributed by atoms with Gasteiger partial charge in [0.1, 0.15) is 12.8 Å². The maximum Gasteiger partial charge on any atom is 0.270 e. The van der Waals surface area contributed by atoms with Gasteiger partial charge in [-0.3, -0.25) is 51.0 Å². The topological polar surface area (TPSA) is 305 Å². The van der Waals surface area contributed by atoms with E-state index in [0.717, 1.165) is 50.9 Å². The first-order valence-corrected chi connectivity index (χ1v) is 21.6. The molecule has 20 heteroatoms. The number of hydrogen-bond acceptors (Lipinski definition) is 15. The van der Waals surface area contributed by atoms with Crippen LogP contribution in [0.2, 0.25) is 0 Å². The summed E-state index contributed by atoms with van der Waals surface area (Å²) in [7, 11) is -2.95. The van der Waals surface area contributed by atoms with Crippen molar-refractivity contribution in [3.8, 4) is 0 Å². The van der Waals surface area contributed by atoms with E-state index in [2.05, 4.69) is 40.8 Å². The molecular formula is C46H59ClN8O11. The lowest BCUT2D eigenvalue weighted by Crippen LogP contribution is -2.68. The summed E-state index contributed by atoms with van der Waals surface area (Å²) < 4.78 is 36.1. The third kappa shape index (κ3) is 14.6. The van der Waals surface area contributed by atoms with Crippen molar-refractivity contribution in [2.24, 2.45) is 21.7 Å². The summed E-state index contributed by atoms with van der Waals surface area (Å²) in [5, 5.41) is 32.1. The van der Waals surface area contributed by atoms with E-state index in [-0.39, 0.29) is 59.8 Å². The Kier molecular flexibility index (Phi) is 18.8. The van der Waals surface area contributed by atoms with Crippen LogP contribution in [-0.4, -0.2) is 49.3 Å². The van der Waals surface area contributed by atoms with Crippen LogP contribution in [0.5, 0.6) is 0 Å². The van der Waals surface area contributed by atoms with Crippen LogP contribution < -0.4 is 29.9 Å². The maximum absolute atomic E-state index is 10.8. The van der Waals surface area contributed by atoms with Crippen molar-refractivity contribution < 1.29 is 53.0 Å². The largest absolute Gasteiger partial charge is 0.324 e. The highest BCUT2D eigenvalue weighted by Gasteiger charge is 2.42. The first-order valence-electron chi connectivity index (χ1n) is 20.4. The molecule has 356 valence electrons. The Morgan fingerprint density at radius 3 is 1.29 bits per heavy atom. The average Bonchev–Trinajstić information content (AvgIpc) is 3.67. The number of rotatable bonds is 5. The second-order valence-electron chi connectivity index (χ2n) is 17.4. The van der Waals surface area contributed by atoms with Crippen LogP contribution in [0.25, 0.3) is 0 Å². The van der Waals surface area contributed by atoms with E-state index in [9.17, 15) is 35.1 Å². The molecule has 3 N–H and O–H groups in total. The van der Waals surface area contributed by atoms with Gasteiger partial charge in [0.05, 0.1) is 31.6 Å². The Balaban J connectivity index is 0.000000285. The molecule has 0 bridgehead atoms. The number of ketones is 1. The number of nitrogens with zero attached hydrogens (tertiary/aromatic N) is 6. The third-order valence-electron chi connectivity index (χ3n) is 11.8. The Morgan fingerprint density at radius 1 is 0.636 bits per heavy atom. The molecule has 3 heterocycles. The molecule has 0 unspecified atom stereocenters. The molecule has 0 amide bonds. The molecule has 3 aliphatic heterocycles. The summed E-state index contributed by atoms with van der Waals surface area (Å²) >= 11 is 0. The molecule has 7 rings (SSSR count). The molecular weight excluding hydrogens is 876 g/mol. The van der Waals surface area contributed by atoms with Crippen molar-refractivity contribution in [3.05, 3.63) is 131 Å². The van der Waals surface area contributed by atoms with E-state index in [0.29, 0.717) is 0 Å². The van der Waals surface area contributed by atoms with Gasteiger partial charge in [0.15, 0.2) is 5.71 Å². The number of aliphatic imine (C=N–C) groups is 2. The molecule has 0 aliphatic carbocycles. The average molecular weight is 935 g/mol. The van der Waals surface area contributed by atoms with E-state index >= 15 is 0 Å². The van der Waals surface area contributed by atoms with Crippen molar-refractivity contribution in [2.75, 3.05) is 12.5 Å². The maximum atomic E-state index is 10.8. The number of Topliss-reactive ketones (excluding diaryl/α,β-unsaturated/α-hetero) is 1. The fraction of sp³-hybridized carbons (Fsp3) is 0.391. The van der Waals surface area contributed by atoms with E-state index in [4.69, 9.17) is 24.5 Å². The predicted molar refractivity (Wildman–Crippen MR) is 245 cm³/mol. The van der Waals surface area contributed by atoms with Crippen LogP contribution in [0.3, 0.4) is 0 Å². The molecule has 0 fully saturated rings. The molecule has 4 aromatic carbocycles. The van der Waals surface area contributed by atoms with Gasteiger partial charge in [0, 0.05) is 88.8 Å². The minimum absolute atomic E-state index is 0.129. The second-order valence-corrected chi connectivity index (χ2v) is 18.2. The van der Waals surface area contributed by atoms with Crippen LogP contribution in [0.15, 0.2) is 88.8 Å². The quantitative estimate of drug-likeness (QED) is 0.0957. The monoisotopic (exact) mass is 934 g/mol. The SMILES string of the molecule is CC(=O)C(C)C.CC1=Nc2ccc([N+](=O)[O-])cc2C1(C)C.CC1=Nc2ccc([N+](=O)[O-])cc2C1(C)C.CC1=[N+](C)c2ccc([N+](=O)[O-])cc2C1(C)C.Cc1ccc(NN)cc1.[O-][Cl+3]([O-])([O-])[O-]. The fourth-order valence-corrected chi connectivity index (χ4v) is 6.38. The predicted octanol–water partition coefficient (Wildman–Crippen LogP) is 6.33. The van der Waals surface area contributed by atoms with Gasteiger partial charge in [0.2, 0.25) is 5.69 Å². The molecule has 19 nitrogen and oxygen atoms in total. The van der Waals surface area contributed by atoms with Crippen LogP contribution >= 0.6 is 0 Å². The van der Waals surface area contributed by atoms with E-state index in [1.807, 2.05) is 99.7 Å². The lowest BCUT2D eigenvalue weighted by atomic mass is 9.82. The molecule has 0 radical (unpaired) electrons. The highest BCUT2D eigenvalue weighted by molar-refractivity contribution is 6.00. The highest BCUT2D eigenvalue weighted by Crippen LogP contribution is 2.43. The number of halogens is 1. The summed E-state index contributed by atoms with van der Waals surface area (Å²) in [4.78, 5) is 49.9. The smallest absolute Gasteiger partial charge is 0.270 e. The second kappa shape index (κ2) is 22.2. The van der Waals surface area contributed by atoms with Crippen molar-refractivity contribution in [1.82, 2.24) is 0 Å². The number of anilines is 1. The number of fused-ring (bicyclic) bond motifs is 3. The van der Waals surface area contributed by atoms with E-state index in [1.165, 1.54) is 23.4 Å². The van der Waals surface area contributed by atoms with Crippen molar-refractivity contribution >= 4 is 62.7 Å². The number of nitrogens with two attached hydrogens (primary N) is 1. The van der Waals surface area contributed by atoms with Gasteiger partial charge in [-0.25, -0.2) is 23.2 Å². The Hall–Kier alpha value is -6.35. The molecule has 0 aromatic heterocycles. The van der Waals surface area contributed by atoms with Crippen LogP contribution in [0, 0.1) is 53.4 Å². The summed E-state index contributed by atoms with van der Waals surface area (Å²) in [6.07, 6.45) is 0. The number of nitrogen functional groups attached to an aromatic ring is 1. The normalized spacial score (nSPS) is 15.0. The van der Waals surface area contributed by atoms with E-state index in [1.54, 1.807) is 43.3 Å². The van der Waals surface area contributed by atoms with Crippen LogP contribution in [-0.2, 0) is 21.0 Å². The third-order valence-corrected chi connectivity index (χ3v) is 11.8. The molecule has 0 atom stereocenters. The molecule has 66 heavy (non-hydrogen) atoms. The van der Waals surface area contributed by atoms with Gasteiger partial charge in [-0.05, 0) is 76.9 Å². The number of nitro benzene ring substituents is 3. The molecule has 4 aromatic rings. The number of benzene rings is 4. The minimum Gasteiger partial charge on any atom is -0.324 e. The molecule has 0 saturated carbocycles. The number of carbonyl (C=O) groups excluding carboxylic acids is 1. The lowest BCUT2D eigenvalue weighted by Gasteiger charge is -2.19. The first-order chi connectivity index (χ1) is 30.2. The number of carbonyl (C=O) groups is 1. The number of hydrazine groups is 1. The highest BCUT2D eigenvalue weighted by atomic mass is 35.7. The van der Waals surface area contributed by atoms with Crippen molar-refractivity contribution in [2.45, 2.75) is 106 Å². The van der Waals surface area contributed by atoms with Gasteiger partial charge < -0.3 is 5.43 Å². The zero-order chi connectivity index (χ0) is 50.9. The van der Waals surface area contributed by atoms with Gasteiger partial charge in [0.25, 0.3) is 17.1 Å². The summed E-state index contributed by atoms with van der Waals surface area (Å²) in [5.74, 6) is 5.62. The Morgan fingerprint density at radius 2 is 0.970 bits per heavy atom. The van der Waals surface area contributed by atoms with E-state index < -0.39 is 10.2 Å². The molecule has 3 aliphatic rings. The molecule has 0 saturated heterocycles. The van der Waals surface area contributed by atoms with Gasteiger partial charge in [-0.15, -0.1) is 10.2 Å². The minimum atomic E-state index is -4.94. The number of nitrogens with one attached hydrogen (secondary N) is 1. The number of nitro groups is 3. The zero-order valence-electron chi connectivity index (χ0n) is 39.7. The Bertz CT molecular complexity index is 2450. The summed E-state index contributed by atoms with van der Waals surface area (Å²) in [6.45, 7) is 25.7. The number of aryl methyl sites for hydroxylation is 1. The van der Waals surface area contributed by atoms with Gasteiger partial charge in [-0.2, -0.15) is 0 Å². The standard InChI is InChI=1S/C12H15N2O2.2C11H12N2O2.C7H10N2.C5H10O.ClHO4/c1-8-12(2,3)10-7-9(14(15)16)5-6-11(10)13(8)4;2*1-7-11(2,3)9-6-8(13(14)15)4-5-10(9)12-7;1-6-2-4-7(9-8)5-3-6;1-4(2)5(3)6;2-1(3,4)5/h5-7H,1-4H3;2*4-6H,1-3H3;2-5,9H,8H2,1H3;4H,1-3H3;(H,2,3,4,5)/q+1;;;;;/p-1. The van der Waals surface area contributed by atoms with Crippen molar-refractivity contribution in [1.29, 1.82) is 0 Å². The van der Waals surface area contributed by atoms with Crippen LogP contribution in [0.1, 0.15) is 105 Å². The lowest BCUT2D eigenvalue weighted by molar-refractivity contribution is -2.00. The zero-order valence-corrected chi connectivity index (χ0v) is 40.5. The fourth-order valence-electron chi connectivity index (χ4n) is 6.38. The molecule has 0 spiro atoms. The Labute approximate surface area is 386 Å². The van der Waals surface area contributed by atoms with Gasteiger partial charge in [-0.1, -0.05) is 59.2 Å². The summed E-state index contributed by atoms with van der Waals surface area (Å²) in [5.41, 5.74) is 13.5. The number of non-ortho nitro benzene ring substituents is 3.